The van der Waals surface area contributed by atoms with Gasteiger partial charge in [-0.15, -0.1) is 11.3 Å². The number of thiophene rings is 1. The van der Waals surface area contributed by atoms with Gasteiger partial charge in [0.25, 0.3) is 0 Å². The number of rotatable bonds is 2. The molecule has 20 heavy (non-hydrogen) atoms. The van der Waals surface area contributed by atoms with Crippen molar-refractivity contribution in [2.75, 3.05) is 0 Å². The summed E-state index contributed by atoms with van der Waals surface area (Å²) in [5, 5.41) is 9.39. The van der Waals surface area contributed by atoms with Gasteiger partial charge in [0.1, 0.15) is 0 Å². The maximum atomic E-state index is 12.6. The van der Waals surface area contributed by atoms with E-state index in [4.69, 9.17) is 0 Å². The van der Waals surface area contributed by atoms with Gasteiger partial charge in [-0.2, -0.15) is 13.2 Å². The molecule has 1 aromatic carbocycles. The first kappa shape index (κ1) is 16.7. The molecule has 110 valence electrons. The van der Waals surface area contributed by atoms with Gasteiger partial charge in [-0.3, -0.25) is 0 Å². The molecule has 0 fully saturated rings. The summed E-state index contributed by atoms with van der Waals surface area (Å²) in [5.74, 6) is 0. The predicted molar refractivity (Wildman–Crippen MR) is 76.9 cm³/mol. The Morgan fingerprint density at radius 1 is 1.05 bits per heavy atom. The first-order valence-electron chi connectivity index (χ1n) is 6.30. The summed E-state index contributed by atoms with van der Waals surface area (Å²) < 4.78 is 37.8. The average Bonchev–Trinajstić information content (AvgIpc) is 2.86. The fourth-order valence-corrected chi connectivity index (χ4v) is 2.63. The highest BCUT2D eigenvalue weighted by Crippen LogP contribution is 2.39. The van der Waals surface area contributed by atoms with Gasteiger partial charge in [0.2, 0.25) is 0 Å². The minimum absolute atomic E-state index is 0.105. The molecule has 5 heteroatoms. The monoisotopic (exact) mass is 302 g/mol. The molecule has 0 bridgehead atoms. The Morgan fingerprint density at radius 3 is 2.15 bits per heavy atom. The summed E-state index contributed by atoms with van der Waals surface area (Å²) in [7, 11) is 0. The zero-order chi connectivity index (χ0) is 15.3. The fourth-order valence-electron chi connectivity index (χ4n) is 1.72. The molecule has 0 aliphatic carbocycles. The van der Waals surface area contributed by atoms with Crippen molar-refractivity contribution in [3.63, 3.8) is 0 Å². The van der Waals surface area contributed by atoms with Crippen LogP contribution in [0, 0.1) is 6.92 Å². The molecule has 1 aromatic heterocycles. The molecule has 0 radical (unpaired) electrons. The summed E-state index contributed by atoms with van der Waals surface area (Å²) in [6, 6.07) is 9.67. The SMILES string of the molecule is CC.Cc1ccc(-c2ccccc2C(O)C(F)(F)F)s1. The second kappa shape index (κ2) is 6.90. The van der Waals surface area contributed by atoms with Crippen molar-refractivity contribution in [1.29, 1.82) is 0 Å². The van der Waals surface area contributed by atoms with Crippen molar-refractivity contribution >= 4 is 11.3 Å². The minimum atomic E-state index is -4.65. The molecule has 1 heterocycles. The molecule has 1 unspecified atom stereocenters. The minimum Gasteiger partial charge on any atom is -0.379 e. The van der Waals surface area contributed by atoms with E-state index in [1.807, 2.05) is 26.8 Å². The number of benzene rings is 1. The highest BCUT2D eigenvalue weighted by Gasteiger charge is 2.40. The first-order chi connectivity index (χ1) is 9.39. The molecular formula is C15H17F3OS. The summed E-state index contributed by atoms with van der Waals surface area (Å²) in [6.45, 7) is 5.89. The molecule has 0 saturated heterocycles. The van der Waals surface area contributed by atoms with Crippen molar-refractivity contribution in [3.05, 3.63) is 46.8 Å². The van der Waals surface area contributed by atoms with Crippen LogP contribution in [0.15, 0.2) is 36.4 Å². The van der Waals surface area contributed by atoms with E-state index in [1.54, 1.807) is 18.2 Å². The van der Waals surface area contributed by atoms with Gasteiger partial charge in [0.15, 0.2) is 6.10 Å². The Labute approximate surface area is 120 Å². The van der Waals surface area contributed by atoms with E-state index in [9.17, 15) is 18.3 Å². The first-order valence-corrected chi connectivity index (χ1v) is 7.12. The lowest BCUT2D eigenvalue weighted by Crippen LogP contribution is -2.20. The van der Waals surface area contributed by atoms with Crippen molar-refractivity contribution in [2.24, 2.45) is 0 Å². The Kier molecular flexibility index (Phi) is 5.77. The van der Waals surface area contributed by atoms with Gasteiger partial charge >= 0.3 is 6.18 Å². The molecule has 0 saturated carbocycles. The van der Waals surface area contributed by atoms with Crippen molar-refractivity contribution in [1.82, 2.24) is 0 Å². The van der Waals surface area contributed by atoms with Crippen LogP contribution in [-0.4, -0.2) is 11.3 Å². The van der Waals surface area contributed by atoms with Crippen LogP contribution in [0.1, 0.15) is 30.4 Å². The largest absolute Gasteiger partial charge is 0.418 e. The van der Waals surface area contributed by atoms with Crippen LogP contribution in [0.3, 0.4) is 0 Å². The number of hydrogen-bond acceptors (Lipinski definition) is 2. The Morgan fingerprint density at radius 2 is 1.65 bits per heavy atom. The number of aliphatic hydroxyl groups excluding tert-OH is 1. The van der Waals surface area contributed by atoms with E-state index in [0.717, 1.165) is 9.75 Å². The van der Waals surface area contributed by atoms with Crippen LogP contribution in [0.25, 0.3) is 10.4 Å². The van der Waals surface area contributed by atoms with Crippen LogP contribution in [0.5, 0.6) is 0 Å². The van der Waals surface area contributed by atoms with E-state index in [2.05, 4.69) is 0 Å². The van der Waals surface area contributed by atoms with Crippen molar-refractivity contribution < 1.29 is 18.3 Å². The number of aryl methyl sites for hydroxylation is 1. The number of hydrogen-bond donors (Lipinski definition) is 1. The maximum absolute atomic E-state index is 12.6. The molecule has 0 spiro atoms. The summed E-state index contributed by atoms with van der Waals surface area (Å²) in [5.41, 5.74) is 0.326. The molecule has 2 aromatic rings. The molecule has 1 N–H and O–H groups in total. The average molecular weight is 302 g/mol. The number of halogens is 3. The van der Waals surface area contributed by atoms with E-state index in [-0.39, 0.29) is 5.56 Å². The maximum Gasteiger partial charge on any atom is 0.418 e. The normalized spacial score (nSPS) is 12.6. The topological polar surface area (TPSA) is 20.2 Å². The van der Waals surface area contributed by atoms with Gasteiger partial charge in [-0.25, -0.2) is 0 Å². The molecule has 0 amide bonds. The molecule has 1 nitrogen and oxygen atoms in total. The van der Waals surface area contributed by atoms with Crippen LogP contribution >= 0.6 is 11.3 Å². The highest BCUT2D eigenvalue weighted by molar-refractivity contribution is 7.15. The second-order valence-electron chi connectivity index (χ2n) is 3.94. The lowest BCUT2D eigenvalue weighted by atomic mass is 10.0. The molecule has 1 atom stereocenters. The van der Waals surface area contributed by atoms with E-state index in [1.165, 1.54) is 23.5 Å². The van der Waals surface area contributed by atoms with Crippen LogP contribution in [0.2, 0.25) is 0 Å². The van der Waals surface area contributed by atoms with Gasteiger partial charge in [-0.1, -0.05) is 38.1 Å². The zero-order valence-electron chi connectivity index (χ0n) is 11.5. The zero-order valence-corrected chi connectivity index (χ0v) is 12.3. The Hall–Kier alpha value is -1.33. The molecular weight excluding hydrogens is 285 g/mol. The highest BCUT2D eigenvalue weighted by atomic mass is 32.1. The second-order valence-corrected chi connectivity index (χ2v) is 5.23. The standard InChI is InChI=1S/C13H11F3OS.C2H6/c1-8-6-7-11(18-8)9-4-2-3-5-10(9)12(17)13(14,15)16;1-2/h2-7,12,17H,1H3;1-2H3. The molecule has 0 aliphatic heterocycles. The van der Waals surface area contributed by atoms with E-state index >= 15 is 0 Å². The van der Waals surface area contributed by atoms with Crippen LogP contribution < -0.4 is 0 Å². The Bertz CT molecular complexity index is 546. The smallest absolute Gasteiger partial charge is 0.379 e. The lowest BCUT2D eigenvalue weighted by molar-refractivity contribution is -0.206. The summed E-state index contributed by atoms with van der Waals surface area (Å²) >= 11 is 1.40. The quantitative estimate of drug-likeness (QED) is 0.793. The van der Waals surface area contributed by atoms with Crippen molar-refractivity contribution in [3.8, 4) is 10.4 Å². The summed E-state index contributed by atoms with van der Waals surface area (Å²) in [4.78, 5) is 1.74. The van der Waals surface area contributed by atoms with Crippen LogP contribution in [-0.2, 0) is 0 Å². The third-order valence-electron chi connectivity index (χ3n) is 2.57. The summed E-state index contributed by atoms with van der Waals surface area (Å²) in [6.07, 6.45) is -7.10. The van der Waals surface area contributed by atoms with Gasteiger partial charge in [-0.05, 0) is 30.2 Å². The predicted octanol–water partition coefficient (Wildman–Crippen LogP) is 5.35. The third-order valence-corrected chi connectivity index (χ3v) is 3.61. The van der Waals surface area contributed by atoms with Crippen molar-refractivity contribution in [2.45, 2.75) is 33.1 Å². The van der Waals surface area contributed by atoms with Gasteiger partial charge in [0.05, 0.1) is 0 Å². The van der Waals surface area contributed by atoms with Gasteiger partial charge in [0, 0.05) is 9.75 Å². The van der Waals surface area contributed by atoms with Gasteiger partial charge < -0.3 is 5.11 Å². The number of alkyl halides is 3. The van der Waals surface area contributed by atoms with E-state index < -0.39 is 12.3 Å². The fraction of sp³-hybridized carbons (Fsp3) is 0.333. The van der Waals surface area contributed by atoms with E-state index in [0.29, 0.717) is 5.56 Å². The Balaban J connectivity index is 0.000000956. The molecule has 2 rings (SSSR count). The lowest BCUT2D eigenvalue weighted by Gasteiger charge is -2.17. The third kappa shape index (κ3) is 3.84. The molecule has 0 aliphatic rings. The number of aliphatic hydroxyl groups is 1. The van der Waals surface area contributed by atoms with Crippen LogP contribution in [0.4, 0.5) is 13.2 Å².